The van der Waals surface area contributed by atoms with E-state index in [1.54, 1.807) is 7.11 Å². The fourth-order valence-electron chi connectivity index (χ4n) is 2.10. The number of ether oxygens (including phenoxy) is 1. The van der Waals surface area contributed by atoms with E-state index in [0.29, 0.717) is 11.4 Å². The molecule has 0 aromatic heterocycles. The van der Waals surface area contributed by atoms with Gasteiger partial charge in [0, 0.05) is 12.1 Å². The zero-order valence-corrected chi connectivity index (χ0v) is 12.0. The number of halogens is 1. The molecule has 18 heavy (non-hydrogen) atoms. The van der Waals surface area contributed by atoms with Crippen LogP contribution in [0.15, 0.2) is 12.1 Å². The van der Waals surface area contributed by atoms with Crippen molar-refractivity contribution >= 4 is 27.6 Å². The predicted octanol–water partition coefficient (Wildman–Crippen LogP) is 0.971. The summed E-state index contributed by atoms with van der Waals surface area (Å²) in [5, 5.41) is 3.11. The standard InChI is InChI=1S/C12H15NO3S.ClH/c1-8-5-9-3-4-13-7-12(17(14)15)10(9)6-11(8)16-2;/h5-6,13H,3-4,7H2,1-2H3;1H. The molecule has 0 amide bonds. The third kappa shape index (κ3) is 2.85. The molecular weight excluding hydrogens is 274 g/mol. The smallest absolute Gasteiger partial charge is 0.219 e. The van der Waals surface area contributed by atoms with Gasteiger partial charge in [0.1, 0.15) is 5.75 Å². The van der Waals surface area contributed by atoms with Crippen LogP contribution in [0.5, 0.6) is 5.75 Å². The molecule has 1 heterocycles. The van der Waals surface area contributed by atoms with Crippen LogP contribution in [-0.4, -0.2) is 33.5 Å². The maximum absolute atomic E-state index is 11.2. The number of hydrogen-bond donors (Lipinski definition) is 1. The molecule has 0 fully saturated rings. The molecule has 0 aliphatic carbocycles. The molecular formula is C12H16ClNO3S. The Hall–Kier alpha value is -1.04. The van der Waals surface area contributed by atoms with Gasteiger partial charge in [0.2, 0.25) is 10.3 Å². The highest BCUT2D eigenvalue weighted by atomic mass is 35.5. The zero-order chi connectivity index (χ0) is 12.4. The van der Waals surface area contributed by atoms with Gasteiger partial charge in [-0.15, -0.1) is 12.4 Å². The summed E-state index contributed by atoms with van der Waals surface area (Å²) in [5.74, 6) is 0.730. The minimum Gasteiger partial charge on any atom is -0.496 e. The maximum Gasteiger partial charge on any atom is 0.219 e. The molecule has 1 aromatic rings. The molecule has 0 unspecified atom stereocenters. The van der Waals surface area contributed by atoms with Gasteiger partial charge in [-0.2, -0.15) is 8.42 Å². The van der Waals surface area contributed by atoms with E-state index in [-0.39, 0.29) is 12.4 Å². The second-order valence-corrected chi connectivity index (χ2v) is 5.03. The summed E-state index contributed by atoms with van der Waals surface area (Å²) in [6, 6.07) is 3.83. The van der Waals surface area contributed by atoms with Crippen molar-refractivity contribution in [2.45, 2.75) is 13.3 Å². The summed E-state index contributed by atoms with van der Waals surface area (Å²) in [6.07, 6.45) is 0.834. The average Bonchev–Trinajstić information content (AvgIpc) is 2.49. The topological polar surface area (TPSA) is 55.4 Å². The third-order valence-electron chi connectivity index (χ3n) is 2.98. The minimum atomic E-state index is -2.19. The van der Waals surface area contributed by atoms with Gasteiger partial charge in [-0.25, -0.2) is 0 Å². The first-order valence-electron chi connectivity index (χ1n) is 5.47. The van der Waals surface area contributed by atoms with Crippen LogP contribution in [0.3, 0.4) is 0 Å². The van der Waals surface area contributed by atoms with Crippen LogP contribution in [0.4, 0.5) is 0 Å². The van der Waals surface area contributed by atoms with Crippen molar-refractivity contribution in [2.24, 2.45) is 0 Å². The van der Waals surface area contributed by atoms with Crippen LogP contribution in [-0.2, 0) is 16.7 Å². The number of benzene rings is 1. The Bertz CT molecular complexity index is 573. The Kier molecular flexibility index (Phi) is 5.19. The molecule has 0 radical (unpaired) electrons. The Morgan fingerprint density at radius 2 is 2.06 bits per heavy atom. The van der Waals surface area contributed by atoms with Gasteiger partial charge in [-0.05, 0) is 37.1 Å². The first kappa shape index (κ1) is 15.0. The SMILES string of the molecule is COc1cc2c(cc1C)CCNCC2=S(=O)=O.Cl. The van der Waals surface area contributed by atoms with E-state index in [1.807, 2.05) is 19.1 Å². The van der Waals surface area contributed by atoms with E-state index < -0.39 is 10.3 Å². The summed E-state index contributed by atoms with van der Waals surface area (Å²) >= 11 is 0. The second kappa shape index (κ2) is 6.22. The molecule has 0 atom stereocenters. The molecule has 0 saturated heterocycles. The zero-order valence-electron chi connectivity index (χ0n) is 10.3. The molecule has 1 N–H and O–H groups in total. The molecule has 1 aromatic carbocycles. The summed E-state index contributed by atoms with van der Waals surface area (Å²) in [5.41, 5.74) is 2.88. The number of fused-ring (bicyclic) bond motifs is 1. The Morgan fingerprint density at radius 1 is 1.33 bits per heavy atom. The fourth-order valence-corrected chi connectivity index (χ4v) is 2.69. The maximum atomic E-state index is 11.2. The van der Waals surface area contributed by atoms with Gasteiger partial charge in [-0.1, -0.05) is 6.07 Å². The van der Waals surface area contributed by atoms with Crippen LogP contribution in [0, 0.1) is 6.92 Å². The highest BCUT2D eigenvalue weighted by molar-refractivity contribution is 7.73. The van der Waals surface area contributed by atoms with Crippen molar-refractivity contribution in [1.82, 2.24) is 5.32 Å². The molecule has 0 saturated carbocycles. The quantitative estimate of drug-likeness (QED) is 0.783. The van der Waals surface area contributed by atoms with Crippen molar-refractivity contribution < 1.29 is 13.2 Å². The second-order valence-electron chi connectivity index (χ2n) is 4.06. The van der Waals surface area contributed by atoms with Crippen LogP contribution < -0.4 is 10.1 Å². The van der Waals surface area contributed by atoms with Gasteiger partial charge in [-0.3, -0.25) is 0 Å². The van der Waals surface area contributed by atoms with Gasteiger partial charge >= 0.3 is 0 Å². The van der Waals surface area contributed by atoms with Crippen LogP contribution in [0.1, 0.15) is 16.7 Å². The number of nitrogens with one attached hydrogen (secondary N) is 1. The summed E-state index contributed by atoms with van der Waals surface area (Å²) in [7, 11) is -0.598. The van der Waals surface area contributed by atoms with E-state index in [1.165, 1.54) is 0 Å². The number of aryl methyl sites for hydroxylation is 1. The Morgan fingerprint density at radius 3 is 2.67 bits per heavy atom. The van der Waals surface area contributed by atoms with Gasteiger partial charge in [0.25, 0.3) is 0 Å². The molecule has 0 spiro atoms. The normalized spacial score (nSPS) is 14.2. The molecule has 0 bridgehead atoms. The van der Waals surface area contributed by atoms with Crippen molar-refractivity contribution in [3.8, 4) is 5.75 Å². The molecule has 100 valence electrons. The predicted molar refractivity (Wildman–Crippen MR) is 74.6 cm³/mol. The monoisotopic (exact) mass is 289 g/mol. The number of methoxy groups -OCH3 is 1. The van der Waals surface area contributed by atoms with Gasteiger partial charge in [0.05, 0.1) is 12.0 Å². The number of rotatable bonds is 1. The van der Waals surface area contributed by atoms with Crippen molar-refractivity contribution in [3.05, 3.63) is 28.8 Å². The van der Waals surface area contributed by atoms with E-state index in [0.717, 1.165) is 35.4 Å². The van der Waals surface area contributed by atoms with E-state index >= 15 is 0 Å². The lowest BCUT2D eigenvalue weighted by Gasteiger charge is -2.11. The summed E-state index contributed by atoms with van der Waals surface area (Å²) < 4.78 is 27.7. The third-order valence-corrected chi connectivity index (χ3v) is 3.75. The van der Waals surface area contributed by atoms with E-state index in [2.05, 4.69) is 5.32 Å². The molecule has 4 nitrogen and oxygen atoms in total. The lowest BCUT2D eigenvalue weighted by atomic mass is 9.99. The largest absolute Gasteiger partial charge is 0.496 e. The van der Waals surface area contributed by atoms with Gasteiger partial charge in [0.15, 0.2) is 0 Å². The Labute approximate surface area is 114 Å². The fraction of sp³-hybridized carbons (Fsp3) is 0.417. The van der Waals surface area contributed by atoms with Crippen molar-refractivity contribution in [1.29, 1.82) is 0 Å². The Balaban J connectivity index is 0.00000162. The first-order valence-corrected chi connectivity index (χ1v) is 6.54. The average molecular weight is 290 g/mol. The minimum absolute atomic E-state index is 0. The van der Waals surface area contributed by atoms with Crippen molar-refractivity contribution in [3.63, 3.8) is 0 Å². The highest BCUT2D eigenvalue weighted by Gasteiger charge is 2.17. The number of hydrogen-bond acceptors (Lipinski definition) is 4. The highest BCUT2D eigenvalue weighted by Crippen LogP contribution is 2.24. The van der Waals surface area contributed by atoms with E-state index in [9.17, 15) is 8.42 Å². The van der Waals surface area contributed by atoms with Crippen molar-refractivity contribution in [2.75, 3.05) is 20.2 Å². The lowest BCUT2D eigenvalue weighted by molar-refractivity contribution is 0.411. The summed E-state index contributed by atoms with van der Waals surface area (Å²) in [6.45, 7) is 3.14. The molecule has 6 heteroatoms. The van der Waals surface area contributed by atoms with Crippen LogP contribution in [0.25, 0.3) is 0 Å². The molecule has 2 rings (SSSR count). The first-order chi connectivity index (χ1) is 8.13. The molecule has 1 aliphatic rings. The lowest BCUT2D eigenvalue weighted by Crippen LogP contribution is -2.22. The molecule has 1 aliphatic heterocycles. The van der Waals surface area contributed by atoms with Crippen LogP contribution in [0.2, 0.25) is 0 Å². The van der Waals surface area contributed by atoms with Gasteiger partial charge < -0.3 is 10.1 Å². The van der Waals surface area contributed by atoms with E-state index in [4.69, 9.17) is 4.74 Å². The van der Waals surface area contributed by atoms with Crippen LogP contribution >= 0.6 is 12.4 Å². The summed E-state index contributed by atoms with van der Waals surface area (Å²) in [4.78, 5) is 0.413.